The highest BCUT2D eigenvalue weighted by Gasteiger charge is 2.17. The lowest BCUT2D eigenvalue weighted by atomic mass is 9.96. The minimum absolute atomic E-state index is 0.293. The third-order valence-electron chi connectivity index (χ3n) is 2.51. The van der Waals surface area contributed by atoms with Crippen molar-refractivity contribution in [2.75, 3.05) is 0 Å². The fourth-order valence-corrected chi connectivity index (χ4v) is 2.20. The van der Waals surface area contributed by atoms with E-state index in [1.54, 1.807) is 26.0 Å². The molecule has 1 heterocycles. The fraction of sp³-hybridized carbons (Fsp3) is 0.231. The topological polar surface area (TPSA) is 20.2 Å². The lowest BCUT2D eigenvalue weighted by Crippen LogP contribution is -2.15. The Morgan fingerprint density at radius 3 is 2.50 bits per heavy atom. The lowest BCUT2D eigenvalue weighted by Gasteiger charge is -2.18. The highest BCUT2D eigenvalue weighted by molar-refractivity contribution is 7.08. The summed E-state index contributed by atoms with van der Waals surface area (Å²) in [7, 11) is 0. The van der Waals surface area contributed by atoms with Crippen molar-refractivity contribution in [3.05, 3.63) is 46.4 Å². The summed E-state index contributed by atoms with van der Waals surface area (Å²) in [5.41, 5.74) is 1.04. The van der Waals surface area contributed by atoms with E-state index in [0.717, 1.165) is 5.56 Å². The first-order chi connectivity index (χ1) is 7.48. The van der Waals surface area contributed by atoms with Gasteiger partial charge in [0.05, 0.1) is 5.60 Å². The third-order valence-corrected chi connectivity index (χ3v) is 3.19. The largest absolute Gasteiger partial charge is 0.386 e. The second-order valence-corrected chi connectivity index (χ2v) is 5.05. The standard InChI is InChI=1S/C13H13FOS/c1-13(2,15)10-3-4-11(12(14)7-10)9-5-6-16-8-9/h3-8,15H,1-2H3. The van der Waals surface area contributed by atoms with E-state index in [9.17, 15) is 9.50 Å². The van der Waals surface area contributed by atoms with Crippen LogP contribution in [0.5, 0.6) is 0 Å². The van der Waals surface area contributed by atoms with E-state index >= 15 is 0 Å². The van der Waals surface area contributed by atoms with Crippen LogP contribution >= 0.6 is 11.3 Å². The fourth-order valence-electron chi connectivity index (χ4n) is 1.55. The molecule has 0 amide bonds. The summed E-state index contributed by atoms with van der Waals surface area (Å²) in [6.45, 7) is 3.29. The minimum atomic E-state index is -1.01. The van der Waals surface area contributed by atoms with Gasteiger partial charge in [0.25, 0.3) is 0 Å². The molecule has 2 aromatic rings. The van der Waals surface area contributed by atoms with Crippen molar-refractivity contribution in [2.24, 2.45) is 0 Å². The molecule has 0 bridgehead atoms. The van der Waals surface area contributed by atoms with Crippen LogP contribution in [0.2, 0.25) is 0 Å². The van der Waals surface area contributed by atoms with Crippen LogP contribution in [-0.4, -0.2) is 5.11 Å². The quantitative estimate of drug-likeness (QED) is 0.841. The number of aliphatic hydroxyl groups is 1. The Balaban J connectivity index is 2.46. The van der Waals surface area contributed by atoms with E-state index < -0.39 is 5.60 Å². The molecule has 0 aliphatic rings. The molecule has 0 unspecified atom stereocenters. The lowest BCUT2D eigenvalue weighted by molar-refractivity contribution is 0.0782. The molecule has 3 heteroatoms. The molecule has 0 fully saturated rings. The van der Waals surface area contributed by atoms with Gasteiger partial charge in [-0.2, -0.15) is 11.3 Å². The van der Waals surface area contributed by atoms with E-state index in [0.29, 0.717) is 11.1 Å². The highest BCUT2D eigenvalue weighted by Crippen LogP contribution is 2.28. The van der Waals surface area contributed by atoms with Gasteiger partial charge in [-0.3, -0.25) is 0 Å². The van der Waals surface area contributed by atoms with E-state index in [2.05, 4.69) is 0 Å². The van der Waals surface area contributed by atoms with Crippen LogP contribution in [0.4, 0.5) is 4.39 Å². The van der Waals surface area contributed by atoms with Crippen molar-refractivity contribution in [2.45, 2.75) is 19.4 Å². The molecule has 84 valence electrons. The summed E-state index contributed by atoms with van der Waals surface area (Å²) in [4.78, 5) is 0. The van der Waals surface area contributed by atoms with Crippen LogP contribution in [0.25, 0.3) is 11.1 Å². The number of hydrogen-bond acceptors (Lipinski definition) is 2. The SMILES string of the molecule is CC(C)(O)c1ccc(-c2ccsc2)c(F)c1. The van der Waals surface area contributed by atoms with Crippen LogP contribution in [0, 0.1) is 5.82 Å². The zero-order chi connectivity index (χ0) is 11.8. The maximum absolute atomic E-state index is 13.8. The van der Waals surface area contributed by atoms with Crippen molar-refractivity contribution in [1.82, 2.24) is 0 Å². The first-order valence-electron chi connectivity index (χ1n) is 5.03. The van der Waals surface area contributed by atoms with Gasteiger partial charge in [0.15, 0.2) is 0 Å². The predicted molar refractivity (Wildman–Crippen MR) is 65.0 cm³/mol. The Morgan fingerprint density at radius 2 is 2.00 bits per heavy atom. The maximum atomic E-state index is 13.8. The van der Waals surface area contributed by atoms with Gasteiger partial charge in [0.1, 0.15) is 5.82 Å². The summed E-state index contributed by atoms with van der Waals surface area (Å²) in [5, 5.41) is 13.6. The first kappa shape index (κ1) is 11.3. The van der Waals surface area contributed by atoms with Crippen LogP contribution in [0.1, 0.15) is 19.4 Å². The number of hydrogen-bond donors (Lipinski definition) is 1. The average molecular weight is 236 g/mol. The molecular formula is C13H13FOS. The van der Waals surface area contributed by atoms with Crippen molar-refractivity contribution >= 4 is 11.3 Å². The third kappa shape index (κ3) is 2.15. The second kappa shape index (κ2) is 4.00. The molecule has 0 saturated heterocycles. The van der Waals surface area contributed by atoms with Gasteiger partial charge in [-0.1, -0.05) is 12.1 Å². The van der Waals surface area contributed by atoms with E-state index in [1.807, 2.05) is 16.8 Å². The summed E-state index contributed by atoms with van der Waals surface area (Å²) in [6.07, 6.45) is 0. The summed E-state index contributed by atoms with van der Waals surface area (Å²) in [5.74, 6) is -0.293. The average Bonchev–Trinajstić information content (AvgIpc) is 2.69. The van der Waals surface area contributed by atoms with Crippen molar-refractivity contribution < 1.29 is 9.50 Å². The summed E-state index contributed by atoms with van der Waals surface area (Å²) < 4.78 is 13.8. The van der Waals surface area contributed by atoms with Gasteiger partial charge in [-0.15, -0.1) is 0 Å². The Morgan fingerprint density at radius 1 is 1.25 bits per heavy atom. The summed E-state index contributed by atoms with van der Waals surface area (Å²) in [6, 6.07) is 6.75. The van der Waals surface area contributed by atoms with E-state index in [-0.39, 0.29) is 5.82 Å². The molecule has 1 nitrogen and oxygen atoms in total. The molecule has 0 aliphatic heterocycles. The number of thiophene rings is 1. The molecule has 2 rings (SSSR count). The number of rotatable bonds is 2. The molecule has 0 aliphatic carbocycles. The smallest absolute Gasteiger partial charge is 0.131 e. The molecular weight excluding hydrogens is 223 g/mol. The molecule has 0 radical (unpaired) electrons. The van der Waals surface area contributed by atoms with Gasteiger partial charge in [-0.25, -0.2) is 4.39 Å². The number of benzene rings is 1. The zero-order valence-electron chi connectivity index (χ0n) is 9.20. The Bertz CT molecular complexity index is 483. The molecule has 0 atom stereocenters. The highest BCUT2D eigenvalue weighted by atomic mass is 32.1. The molecule has 1 aromatic carbocycles. The van der Waals surface area contributed by atoms with Gasteiger partial charge in [0, 0.05) is 5.56 Å². The molecule has 16 heavy (non-hydrogen) atoms. The van der Waals surface area contributed by atoms with Gasteiger partial charge in [-0.05, 0) is 47.9 Å². The van der Waals surface area contributed by atoms with Gasteiger partial charge < -0.3 is 5.11 Å². The zero-order valence-corrected chi connectivity index (χ0v) is 10.0. The Labute approximate surface area is 98.2 Å². The van der Waals surface area contributed by atoms with Crippen molar-refractivity contribution in [3.8, 4) is 11.1 Å². The van der Waals surface area contributed by atoms with Gasteiger partial charge >= 0.3 is 0 Å². The van der Waals surface area contributed by atoms with Gasteiger partial charge in [0.2, 0.25) is 0 Å². The monoisotopic (exact) mass is 236 g/mol. The normalized spacial score (nSPS) is 11.8. The van der Waals surface area contributed by atoms with Crippen LogP contribution in [-0.2, 0) is 5.60 Å². The van der Waals surface area contributed by atoms with Crippen LogP contribution in [0.3, 0.4) is 0 Å². The van der Waals surface area contributed by atoms with E-state index in [4.69, 9.17) is 0 Å². The minimum Gasteiger partial charge on any atom is -0.386 e. The summed E-state index contributed by atoms with van der Waals surface area (Å²) >= 11 is 1.54. The van der Waals surface area contributed by atoms with Crippen molar-refractivity contribution in [3.63, 3.8) is 0 Å². The predicted octanol–water partition coefficient (Wildman–Crippen LogP) is 3.78. The second-order valence-electron chi connectivity index (χ2n) is 4.27. The molecule has 0 spiro atoms. The first-order valence-corrected chi connectivity index (χ1v) is 5.98. The van der Waals surface area contributed by atoms with E-state index in [1.165, 1.54) is 17.4 Å². The van der Waals surface area contributed by atoms with Crippen LogP contribution in [0.15, 0.2) is 35.0 Å². The van der Waals surface area contributed by atoms with Crippen molar-refractivity contribution in [1.29, 1.82) is 0 Å². The number of halogens is 1. The Kier molecular flexibility index (Phi) is 2.82. The van der Waals surface area contributed by atoms with Crippen LogP contribution < -0.4 is 0 Å². The Hall–Kier alpha value is -1.19. The molecule has 1 aromatic heterocycles. The molecule has 0 saturated carbocycles. The molecule has 1 N–H and O–H groups in total. The maximum Gasteiger partial charge on any atom is 0.131 e.